The monoisotopic (exact) mass is 384 g/mol. The molecular formula is C22H24O6. The Hall–Kier alpha value is -3.28. The highest BCUT2D eigenvalue weighted by atomic mass is 16.6. The number of carbonyl (C=O) groups excluding carboxylic acids is 2. The first-order chi connectivity index (χ1) is 13.4. The van der Waals surface area contributed by atoms with Crippen molar-refractivity contribution in [2.45, 2.75) is 26.1 Å². The first-order valence-electron chi connectivity index (χ1n) is 8.87. The molecule has 0 aliphatic rings. The van der Waals surface area contributed by atoms with Crippen LogP contribution in [0.1, 0.15) is 13.8 Å². The van der Waals surface area contributed by atoms with Crippen molar-refractivity contribution in [2.24, 2.45) is 0 Å². The molecule has 0 spiro atoms. The third kappa shape index (κ3) is 6.16. The lowest BCUT2D eigenvalue weighted by Gasteiger charge is -2.16. The van der Waals surface area contributed by atoms with Crippen molar-refractivity contribution in [2.75, 3.05) is 13.2 Å². The number of carbonyl (C=O) groups is 2. The second kappa shape index (κ2) is 10.2. The van der Waals surface area contributed by atoms with E-state index < -0.39 is 24.1 Å². The highest BCUT2D eigenvalue weighted by Crippen LogP contribution is 2.29. The summed E-state index contributed by atoms with van der Waals surface area (Å²) < 4.78 is 21.7. The molecule has 148 valence electrons. The fraction of sp³-hybridized carbons (Fsp3) is 0.273. The predicted octanol–water partition coefficient (Wildman–Crippen LogP) is 3.83. The summed E-state index contributed by atoms with van der Waals surface area (Å²) in [6.45, 7) is 10.7. The van der Waals surface area contributed by atoms with Gasteiger partial charge in [0.1, 0.15) is 36.9 Å². The number of rotatable bonds is 10. The molecule has 0 fully saturated rings. The van der Waals surface area contributed by atoms with Gasteiger partial charge < -0.3 is 18.9 Å². The number of esters is 2. The molecule has 0 saturated carbocycles. The summed E-state index contributed by atoms with van der Waals surface area (Å²) in [6, 6.07) is 11.3. The van der Waals surface area contributed by atoms with Gasteiger partial charge in [-0.1, -0.05) is 25.3 Å². The van der Waals surface area contributed by atoms with E-state index in [-0.39, 0.29) is 13.2 Å². The second-order valence-electron chi connectivity index (χ2n) is 6.16. The molecule has 2 atom stereocenters. The van der Waals surface area contributed by atoms with Gasteiger partial charge in [-0.25, -0.2) is 9.59 Å². The molecule has 28 heavy (non-hydrogen) atoms. The summed E-state index contributed by atoms with van der Waals surface area (Å²) in [7, 11) is 0. The van der Waals surface area contributed by atoms with Crippen molar-refractivity contribution < 1.29 is 28.5 Å². The van der Waals surface area contributed by atoms with Crippen LogP contribution in [0.3, 0.4) is 0 Å². The van der Waals surface area contributed by atoms with Gasteiger partial charge >= 0.3 is 11.9 Å². The average molecular weight is 384 g/mol. The molecule has 0 bridgehead atoms. The first kappa shape index (κ1) is 21.0. The van der Waals surface area contributed by atoms with Crippen LogP contribution in [0.2, 0.25) is 0 Å². The number of hydrogen-bond donors (Lipinski definition) is 0. The van der Waals surface area contributed by atoms with Crippen LogP contribution < -0.4 is 9.47 Å². The highest BCUT2D eigenvalue weighted by molar-refractivity contribution is 5.89. The zero-order valence-electron chi connectivity index (χ0n) is 16.1. The van der Waals surface area contributed by atoms with Crippen LogP contribution in [0, 0.1) is 0 Å². The Labute approximate surface area is 164 Å². The van der Waals surface area contributed by atoms with Gasteiger partial charge in [0.05, 0.1) is 0 Å². The van der Waals surface area contributed by atoms with Crippen molar-refractivity contribution in [1.82, 2.24) is 0 Å². The molecule has 0 heterocycles. The molecule has 2 unspecified atom stereocenters. The standard InChI is InChI=1S/C22H24O6/c1-5-21(23)27-15(3)13-25-18-10-11-19-17(12-18)8-7-9-20(19)26-14-16(4)28-22(24)6-2/h5-12,15-16H,1-2,13-14H2,3-4H3. The fourth-order valence-corrected chi connectivity index (χ4v) is 2.43. The number of benzene rings is 2. The third-order valence-corrected chi connectivity index (χ3v) is 3.74. The van der Waals surface area contributed by atoms with Gasteiger partial charge in [-0.2, -0.15) is 0 Å². The lowest BCUT2D eigenvalue weighted by atomic mass is 10.1. The molecule has 0 aromatic heterocycles. The number of ether oxygens (including phenoxy) is 4. The molecule has 2 aromatic carbocycles. The third-order valence-electron chi connectivity index (χ3n) is 3.74. The summed E-state index contributed by atoms with van der Waals surface area (Å²) in [5.41, 5.74) is 0. The van der Waals surface area contributed by atoms with E-state index in [9.17, 15) is 9.59 Å². The summed E-state index contributed by atoms with van der Waals surface area (Å²) in [4.78, 5) is 22.4. The van der Waals surface area contributed by atoms with Gasteiger partial charge in [0.2, 0.25) is 0 Å². The lowest BCUT2D eigenvalue weighted by molar-refractivity contribution is -0.144. The van der Waals surface area contributed by atoms with E-state index in [0.717, 1.165) is 22.9 Å². The van der Waals surface area contributed by atoms with E-state index in [0.29, 0.717) is 11.5 Å². The minimum atomic E-state index is -0.483. The van der Waals surface area contributed by atoms with Crippen molar-refractivity contribution >= 4 is 22.7 Å². The molecule has 0 amide bonds. The van der Waals surface area contributed by atoms with E-state index >= 15 is 0 Å². The van der Waals surface area contributed by atoms with Crippen LogP contribution in [0.25, 0.3) is 10.8 Å². The Morgan fingerprint density at radius 2 is 1.54 bits per heavy atom. The van der Waals surface area contributed by atoms with Crippen molar-refractivity contribution in [3.8, 4) is 11.5 Å². The quantitative estimate of drug-likeness (QED) is 0.458. The van der Waals surface area contributed by atoms with Crippen molar-refractivity contribution in [1.29, 1.82) is 0 Å². The minimum absolute atomic E-state index is 0.225. The molecule has 0 aliphatic heterocycles. The van der Waals surface area contributed by atoms with Gasteiger partial charge in [-0.3, -0.25) is 0 Å². The molecular weight excluding hydrogens is 360 g/mol. The minimum Gasteiger partial charge on any atom is -0.490 e. The summed E-state index contributed by atoms with van der Waals surface area (Å²) >= 11 is 0. The zero-order chi connectivity index (χ0) is 20.5. The van der Waals surface area contributed by atoms with E-state index in [4.69, 9.17) is 18.9 Å². The van der Waals surface area contributed by atoms with Crippen LogP contribution in [0.5, 0.6) is 11.5 Å². The fourth-order valence-electron chi connectivity index (χ4n) is 2.43. The summed E-state index contributed by atoms with van der Waals surface area (Å²) in [6.07, 6.45) is 1.45. The molecule has 2 aromatic rings. The predicted molar refractivity (Wildman–Crippen MR) is 106 cm³/mol. The van der Waals surface area contributed by atoms with E-state index in [2.05, 4.69) is 13.2 Å². The van der Waals surface area contributed by atoms with E-state index in [1.54, 1.807) is 13.8 Å². The normalized spacial score (nSPS) is 12.5. The van der Waals surface area contributed by atoms with Crippen LogP contribution >= 0.6 is 0 Å². The van der Waals surface area contributed by atoms with Gasteiger partial charge in [0, 0.05) is 17.5 Å². The van der Waals surface area contributed by atoms with Crippen LogP contribution in [0.4, 0.5) is 0 Å². The largest absolute Gasteiger partial charge is 0.490 e. The highest BCUT2D eigenvalue weighted by Gasteiger charge is 2.11. The molecule has 0 radical (unpaired) electrons. The van der Waals surface area contributed by atoms with Crippen molar-refractivity contribution in [3.63, 3.8) is 0 Å². The smallest absolute Gasteiger partial charge is 0.330 e. The topological polar surface area (TPSA) is 71.1 Å². The molecule has 6 heteroatoms. The maximum Gasteiger partial charge on any atom is 0.330 e. The SMILES string of the molecule is C=CC(=O)OC(C)COc1ccc2c(OCC(C)OC(=O)C=C)cccc2c1. The van der Waals surface area contributed by atoms with E-state index in [1.807, 2.05) is 36.4 Å². The Balaban J connectivity index is 2.01. The molecule has 2 rings (SSSR count). The zero-order valence-corrected chi connectivity index (χ0v) is 16.1. The molecule has 6 nitrogen and oxygen atoms in total. The Morgan fingerprint density at radius 3 is 2.14 bits per heavy atom. The molecule has 0 saturated heterocycles. The maximum absolute atomic E-state index is 11.2. The van der Waals surface area contributed by atoms with Gasteiger partial charge in [0.15, 0.2) is 0 Å². The number of fused-ring (bicyclic) bond motifs is 1. The Kier molecular flexibility index (Phi) is 7.63. The first-order valence-corrected chi connectivity index (χ1v) is 8.87. The van der Waals surface area contributed by atoms with Crippen LogP contribution in [0.15, 0.2) is 61.7 Å². The second-order valence-corrected chi connectivity index (χ2v) is 6.16. The van der Waals surface area contributed by atoms with E-state index in [1.165, 1.54) is 0 Å². The molecule has 0 aliphatic carbocycles. The average Bonchev–Trinajstić information content (AvgIpc) is 2.70. The summed E-state index contributed by atoms with van der Waals surface area (Å²) in [5.74, 6) is 0.367. The maximum atomic E-state index is 11.2. The molecule has 0 N–H and O–H groups in total. The van der Waals surface area contributed by atoms with Gasteiger partial charge in [0.25, 0.3) is 0 Å². The number of hydrogen-bond acceptors (Lipinski definition) is 6. The van der Waals surface area contributed by atoms with Crippen molar-refractivity contribution in [3.05, 3.63) is 61.7 Å². The Morgan fingerprint density at radius 1 is 0.929 bits per heavy atom. The van der Waals surface area contributed by atoms with Gasteiger partial charge in [-0.05, 0) is 43.5 Å². The van der Waals surface area contributed by atoms with Crippen LogP contribution in [-0.2, 0) is 19.1 Å². The summed E-state index contributed by atoms with van der Waals surface area (Å²) in [5, 5.41) is 1.84. The Bertz CT molecular complexity index is 857. The van der Waals surface area contributed by atoms with Crippen LogP contribution in [-0.4, -0.2) is 37.4 Å². The lowest BCUT2D eigenvalue weighted by Crippen LogP contribution is -2.21. The van der Waals surface area contributed by atoms with Gasteiger partial charge in [-0.15, -0.1) is 0 Å².